The number of hydrogen-bond donors (Lipinski definition) is 1. The van der Waals surface area contributed by atoms with E-state index in [2.05, 4.69) is 36.5 Å². The Labute approximate surface area is 184 Å². The van der Waals surface area contributed by atoms with E-state index in [-0.39, 0.29) is 17.6 Å². The lowest BCUT2D eigenvalue weighted by Crippen LogP contribution is -2.12. The second-order valence-corrected chi connectivity index (χ2v) is 8.86. The van der Waals surface area contributed by atoms with E-state index in [1.54, 1.807) is 19.1 Å². The first-order valence-corrected chi connectivity index (χ1v) is 11.2. The number of carbonyl (C=O) groups excluding carboxylic acids is 2. The number of nitrogens with one attached hydrogen (secondary N) is 1. The van der Waals surface area contributed by atoms with Crippen LogP contribution in [0.5, 0.6) is 0 Å². The van der Waals surface area contributed by atoms with E-state index in [4.69, 9.17) is 4.74 Å². The highest BCUT2D eigenvalue weighted by molar-refractivity contribution is 9.10. The summed E-state index contributed by atoms with van der Waals surface area (Å²) in [4.78, 5) is 23.9. The Morgan fingerprint density at radius 2 is 1.97 bits per heavy atom. The van der Waals surface area contributed by atoms with E-state index in [1.165, 1.54) is 23.1 Å². The standard InChI is InChI=1S/C18H18BrN5O3S2/c1-4-27-14(25)9-28-18-22-21-17(29-18)20-16(26)12-5-7-13(8-6-12)24-11(3)15(19)10(2)23-24/h5-8H,4,9H2,1-3H3,(H,20,21,26). The number of hydrogen-bond acceptors (Lipinski definition) is 8. The number of aryl methyl sites for hydroxylation is 1. The van der Waals surface area contributed by atoms with Crippen molar-refractivity contribution in [2.75, 3.05) is 17.7 Å². The van der Waals surface area contributed by atoms with E-state index in [0.29, 0.717) is 21.6 Å². The SMILES string of the molecule is CCOC(=O)CSc1nnc(NC(=O)c2ccc(-n3nc(C)c(Br)c3C)cc2)s1. The number of benzene rings is 1. The van der Waals surface area contributed by atoms with Crippen LogP contribution in [-0.2, 0) is 9.53 Å². The Hall–Kier alpha value is -2.24. The van der Waals surface area contributed by atoms with Gasteiger partial charge in [-0.1, -0.05) is 23.1 Å². The van der Waals surface area contributed by atoms with Gasteiger partial charge in [0.15, 0.2) is 4.34 Å². The Bertz CT molecular complexity index is 1030. The number of ether oxygens (including phenoxy) is 1. The summed E-state index contributed by atoms with van der Waals surface area (Å²) < 4.78 is 8.23. The van der Waals surface area contributed by atoms with Crippen molar-refractivity contribution in [3.05, 3.63) is 45.7 Å². The van der Waals surface area contributed by atoms with Crippen LogP contribution in [0.15, 0.2) is 33.1 Å². The molecule has 0 aliphatic carbocycles. The van der Waals surface area contributed by atoms with Crippen molar-refractivity contribution in [2.45, 2.75) is 25.1 Å². The number of thioether (sulfide) groups is 1. The average Bonchev–Trinajstić information content (AvgIpc) is 3.26. The predicted molar refractivity (Wildman–Crippen MR) is 116 cm³/mol. The number of rotatable bonds is 7. The number of aromatic nitrogens is 4. The summed E-state index contributed by atoms with van der Waals surface area (Å²) in [6, 6.07) is 7.13. The molecular formula is C18H18BrN5O3S2. The smallest absolute Gasteiger partial charge is 0.316 e. The summed E-state index contributed by atoms with van der Waals surface area (Å²) in [6.07, 6.45) is 0. The number of nitrogens with zero attached hydrogens (tertiary/aromatic N) is 4. The van der Waals surface area contributed by atoms with Gasteiger partial charge in [-0.25, -0.2) is 4.68 Å². The molecule has 0 aliphatic rings. The maximum absolute atomic E-state index is 12.5. The van der Waals surface area contributed by atoms with Crippen LogP contribution in [0.2, 0.25) is 0 Å². The molecule has 29 heavy (non-hydrogen) atoms. The van der Waals surface area contributed by atoms with Crippen molar-refractivity contribution in [3.8, 4) is 5.69 Å². The largest absolute Gasteiger partial charge is 0.465 e. The van der Waals surface area contributed by atoms with Crippen molar-refractivity contribution < 1.29 is 14.3 Å². The van der Waals surface area contributed by atoms with Crippen molar-refractivity contribution in [1.29, 1.82) is 0 Å². The Morgan fingerprint density at radius 3 is 2.59 bits per heavy atom. The molecule has 0 aliphatic heterocycles. The molecule has 1 aromatic carbocycles. The van der Waals surface area contributed by atoms with Crippen LogP contribution in [0.1, 0.15) is 28.7 Å². The fourth-order valence-corrected chi connectivity index (χ4v) is 4.23. The van der Waals surface area contributed by atoms with Crippen LogP contribution < -0.4 is 5.32 Å². The second-order valence-electron chi connectivity index (χ2n) is 5.86. The number of amides is 1. The van der Waals surface area contributed by atoms with E-state index in [9.17, 15) is 9.59 Å². The van der Waals surface area contributed by atoms with E-state index < -0.39 is 0 Å². The molecule has 2 aromatic heterocycles. The number of esters is 1. The molecule has 0 unspecified atom stereocenters. The molecule has 0 bridgehead atoms. The van der Waals surface area contributed by atoms with Gasteiger partial charge in [0.1, 0.15) is 0 Å². The Kier molecular flexibility index (Phi) is 7.04. The van der Waals surface area contributed by atoms with Gasteiger partial charge in [0.25, 0.3) is 5.91 Å². The molecule has 3 aromatic rings. The molecule has 3 rings (SSSR count). The van der Waals surface area contributed by atoms with Gasteiger partial charge in [-0.3, -0.25) is 14.9 Å². The maximum Gasteiger partial charge on any atom is 0.316 e. The van der Waals surface area contributed by atoms with Gasteiger partial charge >= 0.3 is 5.97 Å². The molecule has 2 heterocycles. The minimum Gasteiger partial charge on any atom is -0.465 e. The fourth-order valence-electron chi connectivity index (χ4n) is 2.44. The zero-order valence-corrected chi connectivity index (χ0v) is 19.2. The zero-order chi connectivity index (χ0) is 21.0. The van der Waals surface area contributed by atoms with Crippen LogP contribution in [0.25, 0.3) is 5.69 Å². The van der Waals surface area contributed by atoms with Gasteiger partial charge in [0.05, 0.1) is 33.9 Å². The molecule has 0 fully saturated rings. The third kappa shape index (κ3) is 5.22. The van der Waals surface area contributed by atoms with Crippen LogP contribution >= 0.6 is 39.0 Å². The lowest BCUT2D eigenvalue weighted by molar-refractivity contribution is -0.139. The molecule has 0 spiro atoms. The molecule has 0 atom stereocenters. The van der Waals surface area contributed by atoms with Gasteiger partial charge in [0, 0.05) is 5.56 Å². The van der Waals surface area contributed by atoms with Gasteiger partial charge < -0.3 is 4.74 Å². The van der Waals surface area contributed by atoms with Crippen molar-refractivity contribution in [1.82, 2.24) is 20.0 Å². The highest BCUT2D eigenvalue weighted by Crippen LogP contribution is 2.26. The molecule has 0 radical (unpaired) electrons. The summed E-state index contributed by atoms with van der Waals surface area (Å²) in [5.74, 6) is -0.447. The Balaban J connectivity index is 1.63. The normalized spacial score (nSPS) is 10.8. The Morgan fingerprint density at radius 1 is 1.24 bits per heavy atom. The van der Waals surface area contributed by atoms with Crippen LogP contribution in [-0.4, -0.2) is 44.2 Å². The average molecular weight is 496 g/mol. The molecule has 1 amide bonds. The summed E-state index contributed by atoms with van der Waals surface area (Å²) in [7, 11) is 0. The number of anilines is 1. The third-order valence-electron chi connectivity index (χ3n) is 3.82. The maximum atomic E-state index is 12.5. The van der Waals surface area contributed by atoms with Gasteiger partial charge in [-0.05, 0) is 61.0 Å². The van der Waals surface area contributed by atoms with Gasteiger partial charge in [-0.15, -0.1) is 10.2 Å². The minimum absolute atomic E-state index is 0.153. The molecule has 11 heteroatoms. The van der Waals surface area contributed by atoms with Gasteiger partial charge in [0.2, 0.25) is 5.13 Å². The minimum atomic E-state index is -0.312. The second kappa shape index (κ2) is 9.51. The van der Waals surface area contributed by atoms with Crippen molar-refractivity contribution >= 4 is 56.0 Å². The van der Waals surface area contributed by atoms with E-state index in [1.807, 2.05) is 30.7 Å². The lowest BCUT2D eigenvalue weighted by atomic mass is 10.2. The molecule has 152 valence electrons. The summed E-state index contributed by atoms with van der Waals surface area (Å²) >= 11 is 5.94. The monoisotopic (exact) mass is 495 g/mol. The van der Waals surface area contributed by atoms with Crippen LogP contribution in [0.4, 0.5) is 5.13 Å². The number of halogens is 1. The molecule has 8 nitrogen and oxygen atoms in total. The molecule has 0 saturated heterocycles. The first kappa shape index (κ1) is 21.5. The summed E-state index contributed by atoms with van der Waals surface area (Å²) in [5, 5.41) is 15.5. The zero-order valence-electron chi connectivity index (χ0n) is 15.9. The first-order chi connectivity index (χ1) is 13.9. The quantitative estimate of drug-likeness (QED) is 0.300. The molecule has 1 N–H and O–H groups in total. The number of carbonyl (C=O) groups is 2. The van der Waals surface area contributed by atoms with Crippen LogP contribution in [0.3, 0.4) is 0 Å². The van der Waals surface area contributed by atoms with Gasteiger partial charge in [-0.2, -0.15) is 5.10 Å². The van der Waals surface area contributed by atoms with Crippen molar-refractivity contribution in [2.24, 2.45) is 0 Å². The summed E-state index contributed by atoms with van der Waals surface area (Å²) in [6.45, 7) is 5.99. The third-order valence-corrected chi connectivity index (χ3v) is 6.92. The summed E-state index contributed by atoms with van der Waals surface area (Å²) in [5.41, 5.74) is 3.24. The van der Waals surface area contributed by atoms with Crippen LogP contribution in [0, 0.1) is 13.8 Å². The first-order valence-electron chi connectivity index (χ1n) is 8.64. The predicted octanol–water partition coefficient (Wildman–Crippen LogP) is 4.01. The lowest BCUT2D eigenvalue weighted by Gasteiger charge is -2.06. The molecule has 0 saturated carbocycles. The highest BCUT2D eigenvalue weighted by atomic mass is 79.9. The molecular weight excluding hydrogens is 478 g/mol. The van der Waals surface area contributed by atoms with Crippen molar-refractivity contribution in [3.63, 3.8) is 0 Å². The highest BCUT2D eigenvalue weighted by Gasteiger charge is 2.14. The van der Waals surface area contributed by atoms with E-state index in [0.717, 1.165) is 21.5 Å². The fraction of sp³-hybridized carbons (Fsp3) is 0.278. The van der Waals surface area contributed by atoms with E-state index >= 15 is 0 Å². The topological polar surface area (TPSA) is 99.0 Å².